The van der Waals surface area contributed by atoms with Gasteiger partial charge in [0.2, 0.25) is 0 Å². The summed E-state index contributed by atoms with van der Waals surface area (Å²) in [5, 5.41) is 0. The first kappa shape index (κ1) is 9.01. The van der Waals surface area contributed by atoms with Gasteiger partial charge in [-0.2, -0.15) is 0 Å². The Hall–Kier alpha value is -0.0800. The van der Waals surface area contributed by atoms with E-state index >= 15 is 0 Å². The zero-order valence-corrected chi connectivity index (χ0v) is 7.56. The van der Waals surface area contributed by atoms with Gasteiger partial charge in [0.1, 0.15) is 0 Å². The first-order valence-electron chi connectivity index (χ1n) is 4.42. The minimum absolute atomic E-state index is 0.383. The molecule has 1 fully saturated rings. The summed E-state index contributed by atoms with van der Waals surface area (Å²) >= 11 is 0. The lowest BCUT2D eigenvalue weighted by Crippen LogP contribution is -2.31. The van der Waals surface area contributed by atoms with E-state index in [2.05, 4.69) is 6.92 Å². The molecular formula is C9H18O2. The minimum atomic E-state index is 0.383. The van der Waals surface area contributed by atoms with Crippen molar-refractivity contribution >= 4 is 0 Å². The predicted octanol–water partition coefficient (Wildman–Crippen LogP) is 1.84. The van der Waals surface area contributed by atoms with Gasteiger partial charge in [0.25, 0.3) is 0 Å². The molecule has 0 aromatic rings. The second-order valence-electron chi connectivity index (χ2n) is 3.56. The van der Waals surface area contributed by atoms with Crippen LogP contribution in [0.4, 0.5) is 0 Å². The van der Waals surface area contributed by atoms with Crippen LogP contribution in [0.1, 0.15) is 26.7 Å². The third kappa shape index (κ3) is 2.80. The molecule has 1 aliphatic rings. The summed E-state index contributed by atoms with van der Waals surface area (Å²) < 4.78 is 10.7. The summed E-state index contributed by atoms with van der Waals surface area (Å²) in [5.41, 5.74) is 0.383. The second kappa shape index (κ2) is 4.07. The number of hydrogen-bond acceptors (Lipinski definition) is 2. The molecule has 0 aromatic heterocycles. The smallest absolute Gasteiger partial charge is 0.0521 e. The van der Waals surface area contributed by atoms with Gasteiger partial charge in [-0.05, 0) is 25.2 Å². The van der Waals surface area contributed by atoms with E-state index in [1.54, 1.807) is 0 Å². The lowest BCUT2D eigenvalue weighted by molar-refractivity contribution is -0.0271. The molecule has 11 heavy (non-hydrogen) atoms. The summed E-state index contributed by atoms with van der Waals surface area (Å²) in [6.07, 6.45) is 2.29. The molecule has 0 radical (unpaired) electrons. The van der Waals surface area contributed by atoms with Crippen molar-refractivity contribution < 1.29 is 9.47 Å². The number of hydrogen-bond donors (Lipinski definition) is 0. The Kier molecular flexibility index (Phi) is 3.34. The third-order valence-corrected chi connectivity index (χ3v) is 2.35. The molecule has 0 unspecified atom stereocenters. The quantitative estimate of drug-likeness (QED) is 0.624. The summed E-state index contributed by atoms with van der Waals surface area (Å²) in [5.74, 6) is 0. The van der Waals surface area contributed by atoms with Crippen molar-refractivity contribution in [1.29, 1.82) is 0 Å². The third-order valence-electron chi connectivity index (χ3n) is 2.35. The molecule has 0 atom stereocenters. The largest absolute Gasteiger partial charge is 0.381 e. The van der Waals surface area contributed by atoms with E-state index in [0.29, 0.717) is 5.41 Å². The second-order valence-corrected chi connectivity index (χ2v) is 3.56. The van der Waals surface area contributed by atoms with Crippen molar-refractivity contribution in [2.75, 3.05) is 26.4 Å². The van der Waals surface area contributed by atoms with Gasteiger partial charge in [0.05, 0.1) is 6.61 Å². The molecule has 2 heteroatoms. The molecule has 0 aliphatic carbocycles. The van der Waals surface area contributed by atoms with E-state index in [4.69, 9.17) is 9.47 Å². The topological polar surface area (TPSA) is 18.5 Å². The fourth-order valence-corrected chi connectivity index (χ4v) is 1.36. The average molecular weight is 158 g/mol. The van der Waals surface area contributed by atoms with Crippen molar-refractivity contribution in [3.8, 4) is 0 Å². The van der Waals surface area contributed by atoms with Crippen molar-refractivity contribution in [3.63, 3.8) is 0 Å². The summed E-state index contributed by atoms with van der Waals surface area (Å²) in [7, 11) is 0. The molecule has 0 saturated carbocycles. The zero-order chi connectivity index (χ0) is 8.16. The van der Waals surface area contributed by atoms with Gasteiger partial charge < -0.3 is 9.47 Å². The highest BCUT2D eigenvalue weighted by molar-refractivity contribution is 4.76. The van der Waals surface area contributed by atoms with Crippen LogP contribution in [-0.4, -0.2) is 26.4 Å². The molecule has 0 aromatic carbocycles. The molecule has 2 nitrogen and oxygen atoms in total. The first-order chi connectivity index (χ1) is 5.27. The fourth-order valence-electron chi connectivity index (χ4n) is 1.36. The van der Waals surface area contributed by atoms with E-state index in [-0.39, 0.29) is 0 Å². The Bertz CT molecular complexity index is 106. The fraction of sp³-hybridized carbons (Fsp3) is 1.00. The lowest BCUT2D eigenvalue weighted by atomic mass is 9.83. The highest BCUT2D eigenvalue weighted by Crippen LogP contribution is 2.29. The average Bonchev–Trinajstić information content (AvgIpc) is 2.03. The van der Waals surface area contributed by atoms with Crippen LogP contribution in [0.15, 0.2) is 0 Å². The molecule has 66 valence electrons. The summed E-state index contributed by atoms with van der Waals surface area (Å²) in [4.78, 5) is 0. The van der Waals surface area contributed by atoms with Gasteiger partial charge in [0.15, 0.2) is 0 Å². The maximum absolute atomic E-state index is 5.42. The summed E-state index contributed by atoms with van der Waals surface area (Å²) in [6.45, 7) is 7.87. The highest BCUT2D eigenvalue weighted by Gasteiger charge is 2.27. The van der Waals surface area contributed by atoms with Crippen LogP contribution in [0.25, 0.3) is 0 Å². The molecule has 1 heterocycles. The Morgan fingerprint density at radius 1 is 1.36 bits per heavy atom. The standard InChI is InChI=1S/C9H18O2/c1-3-10-8-9(2)4-6-11-7-5-9/h3-8H2,1-2H3. The van der Waals surface area contributed by atoms with Crippen molar-refractivity contribution in [1.82, 2.24) is 0 Å². The maximum atomic E-state index is 5.42. The van der Waals surface area contributed by atoms with Gasteiger partial charge >= 0.3 is 0 Å². The van der Waals surface area contributed by atoms with Crippen molar-refractivity contribution in [2.45, 2.75) is 26.7 Å². The molecule has 1 rings (SSSR count). The molecule has 0 bridgehead atoms. The monoisotopic (exact) mass is 158 g/mol. The SMILES string of the molecule is CCOCC1(C)CCOCC1. The lowest BCUT2D eigenvalue weighted by Gasteiger charge is -2.32. The molecule has 1 aliphatic heterocycles. The summed E-state index contributed by atoms with van der Waals surface area (Å²) in [6, 6.07) is 0. The normalized spacial score (nSPS) is 23.5. The van der Waals surface area contributed by atoms with Gasteiger partial charge in [-0.15, -0.1) is 0 Å². The molecule has 0 N–H and O–H groups in total. The van der Waals surface area contributed by atoms with Gasteiger partial charge in [-0.3, -0.25) is 0 Å². The van der Waals surface area contributed by atoms with Crippen LogP contribution >= 0.6 is 0 Å². The van der Waals surface area contributed by atoms with Crippen molar-refractivity contribution in [3.05, 3.63) is 0 Å². The van der Waals surface area contributed by atoms with Gasteiger partial charge in [0, 0.05) is 19.8 Å². The van der Waals surface area contributed by atoms with E-state index in [0.717, 1.165) is 39.3 Å². The van der Waals surface area contributed by atoms with E-state index in [1.165, 1.54) is 0 Å². The molecule has 0 amide bonds. The van der Waals surface area contributed by atoms with Crippen LogP contribution in [0, 0.1) is 5.41 Å². The van der Waals surface area contributed by atoms with Crippen LogP contribution in [0.2, 0.25) is 0 Å². The highest BCUT2D eigenvalue weighted by atomic mass is 16.5. The molecule has 0 spiro atoms. The Labute approximate surface area is 68.9 Å². The Balaban J connectivity index is 2.25. The number of rotatable bonds is 3. The number of ether oxygens (including phenoxy) is 2. The van der Waals surface area contributed by atoms with Crippen molar-refractivity contribution in [2.24, 2.45) is 5.41 Å². The Morgan fingerprint density at radius 3 is 2.55 bits per heavy atom. The minimum Gasteiger partial charge on any atom is -0.381 e. The first-order valence-corrected chi connectivity index (χ1v) is 4.42. The maximum Gasteiger partial charge on any atom is 0.0521 e. The van der Waals surface area contributed by atoms with Crippen LogP contribution < -0.4 is 0 Å². The van der Waals surface area contributed by atoms with E-state index in [9.17, 15) is 0 Å². The molecular weight excluding hydrogens is 140 g/mol. The van der Waals surface area contributed by atoms with Crippen LogP contribution in [-0.2, 0) is 9.47 Å². The van der Waals surface area contributed by atoms with E-state index in [1.807, 2.05) is 6.92 Å². The van der Waals surface area contributed by atoms with Gasteiger partial charge in [-0.1, -0.05) is 6.92 Å². The molecule has 1 saturated heterocycles. The van der Waals surface area contributed by atoms with Gasteiger partial charge in [-0.25, -0.2) is 0 Å². The van der Waals surface area contributed by atoms with Crippen LogP contribution in [0.5, 0.6) is 0 Å². The Morgan fingerprint density at radius 2 is 2.00 bits per heavy atom. The predicted molar refractivity (Wildman–Crippen MR) is 44.7 cm³/mol. The van der Waals surface area contributed by atoms with Crippen LogP contribution in [0.3, 0.4) is 0 Å². The van der Waals surface area contributed by atoms with E-state index < -0.39 is 0 Å². The zero-order valence-electron chi connectivity index (χ0n) is 7.56.